The Bertz CT molecular complexity index is 2140. The molecule has 2 fully saturated rings. The number of hydrogen-bond acceptors (Lipinski definition) is 15. The molecule has 7 rings (SSSR count). The van der Waals surface area contributed by atoms with Gasteiger partial charge in [-0.05, 0) is 52.8 Å². The Balaban J connectivity index is 1.16. The normalized spacial score (nSPS) is 24.2. The van der Waals surface area contributed by atoms with Crippen LogP contribution in [0, 0.1) is 6.92 Å². The van der Waals surface area contributed by atoms with Crippen LogP contribution in [0.3, 0.4) is 0 Å². The number of carbonyl (C=O) groups excluding carboxylic acids is 1. The minimum Gasteiger partial charge on any atom is -0.397 e. The van der Waals surface area contributed by atoms with E-state index >= 15 is 0 Å². The Kier molecular flexibility index (Phi) is 11.0. The van der Waals surface area contributed by atoms with Crippen molar-refractivity contribution in [1.82, 2.24) is 39.1 Å². The fraction of sp³-hybridized carbons (Fsp3) is 0.486. The number of nitrogens with one attached hydrogen (secondary N) is 1. The summed E-state index contributed by atoms with van der Waals surface area (Å²) in [6, 6.07) is 8.51. The van der Waals surface area contributed by atoms with Gasteiger partial charge in [0.05, 0.1) is 49.9 Å². The molecular weight excluding hydrogens is 719 g/mol. The number of carbonyl (C=O) groups is 1. The first kappa shape index (κ1) is 37.8. The van der Waals surface area contributed by atoms with Gasteiger partial charge in [0, 0.05) is 24.6 Å². The molecule has 7 atom stereocenters. The van der Waals surface area contributed by atoms with Crippen LogP contribution in [-0.2, 0) is 32.6 Å². The summed E-state index contributed by atoms with van der Waals surface area (Å²) in [6.45, 7) is 9.36. The van der Waals surface area contributed by atoms with Crippen molar-refractivity contribution in [2.75, 3.05) is 24.7 Å². The zero-order valence-corrected chi connectivity index (χ0v) is 31.5. The number of anilines is 2. The number of hydrogen-bond donors (Lipinski definition) is 3. The Morgan fingerprint density at radius 3 is 2.20 bits per heavy atom. The van der Waals surface area contributed by atoms with E-state index in [-0.39, 0.29) is 43.2 Å². The van der Waals surface area contributed by atoms with Gasteiger partial charge in [-0.2, -0.15) is 0 Å². The lowest BCUT2D eigenvalue weighted by atomic mass is 10.1. The number of aromatic nitrogens is 7. The summed E-state index contributed by atoms with van der Waals surface area (Å²) in [5, 5.41) is 2.56. The standard InChI is InChI=1S/C35H45N10O8P/c1-19(2)48-14-26-25(13-29(51-26)45-18-42-31-32(37)39-16-40-34(31)45)53-54(47,43-35(46)22-8-6-21(5)7-9-22)49-15-27-24(50-20(3)4)12-28(52-27)44-17-41-30-23(36)10-11-38-33(30)44/h6-11,16-20,24-29H,12-15H2,1-5H3,(H2,36,38)(H2,37,39,40)(H,43,46,47)/t24-,25-,26-,27-,28?,29?,54?/m1/s1. The maximum atomic E-state index is 14.9. The molecule has 1 aromatic carbocycles. The maximum absolute atomic E-state index is 14.9. The highest BCUT2D eigenvalue weighted by Gasteiger charge is 2.45. The Morgan fingerprint density at radius 2 is 1.52 bits per heavy atom. The molecule has 0 bridgehead atoms. The van der Waals surface area contributed by atoms with E-state index < -0.39 is 50.5 Å². The van der Waals surface area contributed by atoms with Crippen molar-refractivity contribution in [3.63, 3.8) is 0 Å². The lowest BCUT2D eigenvalue weighted by molar-refractivity contribution is -0.0787. The molecule has 5 aromatic rings. The summed E-state index contributed by atoms with van der Waals surface area (Å²) in [5.74, 6) is -0.427. The molecule has 0 spiro atoms. The van der Waals surface area contributed by atoms with E-state index in [0.717, 1.165) is 5.56 Å². The molecule has 288 valence electrons. The van der Waals surface area contributed by atoms with E-state index in [1.165, 1.54) is 6.33 Å². The number of imidazole rings is 2. The van der Waals surface area contributed by atoms with E-state index in [9.17, 15) is 9.36 Å². The van der Waals surface area contributed by atoms with E-state index in [4.69, 9.17) is 39.5 Å². The summed E-state index contributed by atoms with van der Waals surface area (Å²) in [7, 11) is -4.47. The van der Waals surface area contributed by atoms with Crippen LogP contribution in [0.5, 0.6) is 0 Å². The van der Waals surface area contributed by atoms with E-state index in [2.05, 4.69) is 30.0 Å². The summed E-state index contributed by atoms with van der Waals surface area (Å²) >= 11 is 0. The number of fused-ring (bicyclic) bond motifs is 2. The van der Waals surface area contributed by atoms with Crippen molar-refractivity contribution in [2.45, 2.75) is 96.5 Å². The lowest BCUT2D eigenvalue weighted by Gasteiger charge is -2.27. The zero-order chi connectivity index (χ0) is 38.1. The Hall–Kier alpha value is -4.55. The molecule has 2 saturated heterocycles. The molecule has 18 nitrogen and oxygen atoms in total. The van der Waals surface area contributed by atoms with Gasteiger partial charge in [0.15, 0.2) is 17.1 Å². The SMILES string of the molecule is Cc1ccc(C(=O)NP(=O)(OC[C@H]2OC(n3cnc4c(N)ccnc43)C[C@H]2OC(C)C)O[C@@H]2CC(n3cnc4c(N)ncnc43)O[C@@H]2COC(C)C)cc1. The predicted octanol–water partition coefficient (Wildman–Crippen LogP) is 4.48. The van der Waals surface area contributed by atoms with Crippen LogP contribution in [0.1, 0.15) is 68.9 Å². The van der Waals surface area contributed by atoms with Crippen LogP contribution in [0.25, 0.3) is 22.3 Å². The van der Waals surface area contributed by atoms with Gasteiger partial charge in [0.25, 0.3) is 5.91 Å². The number of benzene rings is 1. The predicted molar refractivity (Wildman–Crippen MR) is 197 cm³/mol. The minimum absolute atomic E-state index is 0.101. The Labute approximate surface area is 311 Å². The second-order valence-electron chi connectivity index (χ2n) is 13.9. The van der Waals surface area contributed by atoms with Gasteiger partial charge >= 0.3 is 7.75 Å². The van der Waals surface area contributed by atoms with E-state index in [1.807, 2.05) is 34.6 Å². The number of rotatable bonds is 14. The largest absolute Gasteiger partial charge is 0.435 e. The third-order valence-corrected chi connectivity index (χ3v) is 10.7. The van der Waals surface area contributed by atoms with Crippen LogP contribution in [-0.4, -0.2) is 89.8 Å². The van der Waals surface area contributed by atoms with E-state index in [1.54, 1.807) is 58.3 Å². The Morgan fingerprint density at radius 1 is 0.870 bits per heavy atom. The summed E-state index contributed by atoms with van der Waals surface area (Å²) in [5.41, 5.74) is 15.9. The molecule has 1 amide bonds. The van der Waals surface area contributed by atoms with E-state index in [0.29, 0.717) is 34.4 Å². The summed E-state index contributed by atoms with van der Waals surface area (Å²) in [4.78, 5) is 35.3. The van der Waals surface area contributed by atoms with Gasteiger partial charge < -0.3 is 30.4 Å². The molecule has 4 aromatic heterocycles. The van der Waals surface area contributed by atoms with Crippen LogP contribution in [0.15, 0.2) is 55.5 Å². The highest BCUT2D eigenvalue weighted by molar-refractivity contribution is 7.52. The van der Waals surface area contributed by atoms with Gasteiger partial charge in [0.1, 0.15) is 48.1 Å². The summed E-state index contributed by atoms with van der Waals surface area (Å²) in [6.07, 6.45) is 2.40. The molecular formula is C35H45N10O8P. The van der Waals surface area contributed by atoms with Gasteiger partial charge in [-0.3, -0.25) is 28.1 Å². The number of nitrogens with two attached hydrogens (primary N) is 2. The molecule has 0 saturated carbocycles. The number of aryl methyl sites for hydroxylation is 1. The highest BCUT2D eigenvalue weighted by Crippen LogP contribution is 2.50. The smallest absolute Gasteiger partial charge is 0.397 e. The van der Waals surface area contributed by atoms with Crippen LogP contribution >= 0.6 is 7.75 Å². The van der Waals surface area contributed by atoms with Crippen LogP contribution in [0.2, 0.25) is 0 Å². The minimum atomic E-state index is -4.47. The first-order valence-corrected chi connectivity index (χ1v) is 19.3. The quantitative estimate of drug-likeness (QED) is 0.133. The van der Waals surface area contributed by atoms with Crippen molar-refractivity contribution < 1.29 is 37.4 Å². The maximum Gasteiger partial charge on any atom is 0.435 e. The second kappa shape index (κ2) is 15.7. The van der Waals surface area contributed by atoms with Crippen LogP contribution < -0.4 is 16.6 Å². The first-order chi connectivity index (χ1) is 25.9. The highest BCUT2D eigenvalue weighted by atomic mass is 31.2. The molecule has 54 heavy (non-hydrogen) atoms. The lowest BCUT2D eigenvalue weighted by Crippen LogP contribution is -2.35. The zero-order valence-electron chi connectivity index (χ0n) is 30.6. The van der Waals surface area contributed by atoms with Crippen molar-refractivity contribution in [2.24, 2.45) is 0 Å². The number of nitrogen functional groups attached to an aromatic ring is 2. The fourth-order valence-corrected chi connectivity index (χ4v) is 7.99. The van der Waals surface area contributed by atoms with Gasteiger partial charge in [-0.15, -0.1) is 0 Å². The molecule has 0 radical (unpaired) electrons. The molecule has 0 aliphatic carbocycles. The first-order valence-electron chi connectivity index (χ1n) is 17.8. The number of nitrogens with zero attached hydrogens (tertiary/aromatic N) is 7. The van der Waals surface area contributed by atoms with Crippen molar-refractivity contribution in [1.29, 1.82) is 0 Å². The number of ether oxygens (including phenoxy) is 4. The van der Waals surface area contributed by atoms with Gasteiger partial charge in [-0.1, -0.05) is 17.7 Å². The topological polar surface area (TPSA) is 228 Å². The third kappa shape index (κ3) is 8.10. The molecule has 5 N–H and O–H groups in total. The molecule has 2 aliphatic rings. The molecule has 6 heterocycles. The number of amides is 1. The molecule has 2 aliphatic heterocycles. The van der Waals surface area contributed by atoms with Crippen LogP contribution in [0.4, 0.5) is 11.5 Å². The van der Waals surface area contributed by atoms with Gasteiger partial charge in [0.2, 0.25) is 0 Å². The van der Waals surface area contributed by atoms with Crippen molar-refractivity contribution >= 4 is 47.5 Å². The van der Waals surface area contributed by atoms with Crippen molar-refractivity contribution in [3.05, 3.63) is 66.6 Å². The average molecular weight is 765 g/mol. The molecule has 19 heteroatoms. The third-order valence-electron chi connectivity index (χ3n) is 9.14. The number of pyridine rings is 1. The van der Waals surface area contributed by atoms with Crippen molar-refractivity contribution in [3.8, 4) is 0 Å². The summed E-state index contributed by atoms with van der Waals surface area (Å²) < 4.78 is 55.9. The fourth-order valence-electron chi connectivity index (χ4n) is 6.51. The average Bonchev–Trinajstić information content (AvgIpc) is 3.92. The second-order valence-corrected chi connectivity index (χ2v) is 15.6. The molecule has 3 unspecified atom stereocenters. The monoisotopic (exact) mass is 764 g/mol. The van der Waals surface area contributed by atoms with Gasteiger partial charge in [-0.25, -0.2) is 29.5 Å².